The minimum Gasteiger partial charge on any atom is -0.352 e. The Labute approximate surface area is 230 Å². The number of amides is 2. The Kier molecular flexibility index (Phi) is 7.56. The van der Waals surface area contributed by atoms with Gasteiger partial charge in [0.15, 0.2) is 0 Å². The zero-order valence-electron chi connectivity index (χ0n) is 23.4. The van der Waals surface area contributed by atoms with Gasteiger partial charge in [-0.25, -0.2) is 0 Å². The number of pyridine rings is 1. The normalized spacial score (nSPS) is 21.2. The number of carbonyl (C=O) groups excluding carboxylic acids is 2. The summed E-state index contributed by atoms with van der Waals surface area (Å²) in [6.07, 6.45) is 15.6. The lowest BCUT2D eigenvalue weighted by atomic mass is 10.0. The topological polar surface area (TPSA) is 98.6 Å². The minimum atomic E-state index is -0.209. The van der Waals surface area contributed by atoms with Gasteiger partial charge in [0.2, 0.25) is 5.91 Å². The predicted octanol–water partition coefficient (Wildman–Crippen LogP) is 3.68. The Balaban J connectivity index is 1.31. The maximum absolute atomic E-state index is 13.7. The van der Waals surface area contributed by atoms with E-state index in [1.54, 1.807) is 16.9 Å². The number of allylic oxidation sites excluding steroid dienone is 3. The van der Waals surface area contributed by atoms with E-state index >= 15 is 0 Å². The number of likely N-dealkylation sites (tertiary alicyclic amines) is 1. The first-order valence-electron chi connectivity index (χ1n) is 13.7. The SMILES string of the molecule is CCC1=C(C(=O)Nc2cc(NC(=O)CN3CCCCC3C)cnc2C)N2C=CC(c3cnn(C)c3)=CC2N1C. The molecule has 10 heteroatoms. The van der Waals surface area contributed by atoms with Gasteiger partial charge in [-0.1, -0.05) is 13.3 Å². The van der Waals surface area contributed by atoms with Gasteiger partial charge >= 0.3 is 0 Å². The second-order valence-electron chi connectivity index (χ2n) is 10.6. The molecule has 0 radical (unpaired) electrons. The van der Waals surface area contributed by atoms with Crippen molar-refractivity contribution in [3.8, 4) is 0 Å². The van der Waals surface area contributed by atoms with Crippen LogP contribution in [0.15, 0.2) is 54.4 Å². The summed E-state index contributed by atoms with van der Waals surface area (Å²) in [4.78, 5) is 37.2. The molecule has 2 unspecified atom stereocenters. The number of nitrogens with one attached hydrogen (secondary N) is 2. The van der Waals surface area contributed by atoms with Gasteiger partial charge in [0.05, 0.1) is 36.0 Å². The van der Waals surface area contributed by atoms with Crippen LogP contribution in [0.3, 0.4) is 0 Å². The summed E-state index contributed by atoms with van der Waals surface area (Å²) in [6, 6.07) is 2.19. The quantitative estimate of drug-likeness (QED) is 0.564. The molecule has 2 aromatic rings. The van der Waals surface area contributed by atoms with E-state index in [9.17, 15) is 9.59 Å². The van der Waals surface area contributed by atoms with Gasteiger partial charge in [0, 0.05) is 43.8 Å². The van der Waals surface area contributed by atoms with Crippen molar-refractivity contribution in [3.63, 3.8) is 0 Å². The highest BCUT2D eigenvalue weighted by molar-refractivity contribution is 6.05. The van der Waals surface area contributed by atoms with Gasteiger partial charge in [-0.2, -0.15) is 5.10 Å². The average Bonchev–Trinajstić information content (AvgIpc) is 3.47. The maximum Gasteiger partial charge on any atom is 0.274 e. The molecule has 0 spiro atoms. The average molecular weight is 531 g/mol. The summed E-state index contributed by atoms with van der Waals surface area (Å²) < 4.78 is 1.78. The number of aromatic nitrogens is 3. The van der Waals surface area contributed by atoms with Crippen molar-refractivity contribution in [2.45, 2.75) is 58.7 Å². The molecular formula is C29H38N8O2. The lowest BCUT2D eigenvalue weighted by Crippen LogP contribution is -2.42. The van der Waals surface area contributed by atoms with Crippen molar-refractivity contribution < 1.29 is 9.59 Å². The van der Waals surface area contributed by atoms with E-state index in [-0.39, 0.29) is 18.0 Å². The third-order valence-corrected chi connectivity index (χ3v) is 7.88. The number of hydrogen-bond donors (Lipinski definition) is 2. The fraction of sp³-hybridized carbons (Fsp3) is 0.448. The van der Waals surface area contributed by atoms with Crippen LogP contribution in [0.2, 0.25) is 0 Å². The second kappa shape index (κ2) is 11.1. The van der Waals surface area contributed by atoms with Gasteiger partial charge in [-0.15, -0.1) is 0 Å². The van der Waals surface area contributed by atoms with Crippen molar-refractivity contribution in [2.75, 3.05) is 30.8 Å². The first kappa shape index (κ1) is 26.7. The summed E-state index contributed by atoms with van der Waals surface area (Å²) in [5, 5.41) is 10.3. The maximum atomic E-state index is 13.7. The first-order chi connectivity index (χ1) is 18.7. The largest absolute Gasteiger partial charge is 0.352 e. The minimum absolute atomic E-state index is 0.0717. The zero-order valence-corrected chi connectivity index (χ0v) is 23.4. The summed E-state index contributed by atoms with van der Waals surface area (Å²) in [5.41, 5.74) is 5.49. The summed E-state index contributed by atoms with van der Waals surface area (Å²) >= 11 is 0. The van der Waals surface area contributed by atoms with Gasteiger partial charge in [-0.3, -0.25) is 24.2 Å². The number of likely N-dealkylation sites (N-methyl/N-ethyl adjacent to an activating group) is 1. The molecule has 3 aliphatic rings. The van der Waals surface area contributed by atoms with Crippen molar-refractivity contribution in [1.82, 2.24) is 29.5 Å². The molecule has 5 rings (SSSR count). The number of rotatable bonds is 7. The van der Waals surface area contributed by atoms with Gasteiger partial charge < -0.3 is 20.4 Å². The number of hydrogen-bond acceptors (Lipinski definition) is 7. The van der Waals surface area contributed by atoms with Crippen LogP contribution in [0.25, 0.3) is 5.57 Å². The zero-order chi connectivity index (χ0) is 27.7. The summed E-state index contributed by atoms with van der Waals surface area (Å²) in [7, 11) is 3.91. The van der Waals surface area contributed by atoms with Crippen LogP contribution >= 0.6 is 0 Å². The fourth-order valence-electron chi connectivity index (χ4n) is 5.64. The van der Waals surface area contributed by atoms with Crippen LogP contribution in [0.1, 0.15) is 50.8 Å². The summed E-state index contributed by atoms with van der Waals surface area (Å²) in [5.74, 6) is -0.280. The summed E-state index contributed by atoms with van der Waals surface area (Å²) in [6.45, 7) is 7.37. The number of aryl methyl sites for hydroxylation is 2. The molecule has 0 aromatic carbocycles. The van der Waals surface area contributed by atoms with Gasteiger partial charge in [-0.05, 0) is 63.4 Å². The third-order valence-electron chi connectivity index (χ3n) is 7.88. The van der Waals surface area contributed by atoms with Crippen LogP contribution < -0.4 is 10.6 Å². The van der Waals surface area contributed by atoms with E-state index in [1.165, 1.54) is 6.42 Å². The molecule has 10 nitrogen and oxygen atoms in total. The second-order valence-corrected chi connectivity index (χ2v) is 10.6. The van der Waals surface area contributed by atoms with Crippen LogP contribution in [-0.4, -0.2) is 73.6 Å². The molecular weight excluding hydrogens is 492 g/mol. The molecule has 0 saturated carbocycles. The number of nitrogens with zero attached hydrogens (tertiary/aromatic N) is 6. The van der Waals surface area contributed by atoms with Crippen molar-refractivity contribution in [1.29, 1.82) is 0 Å². The Hall–Kier alpha value is -3.92. The van der Waals surface area contributed by atoms with Gasteiger partial charge in [0.1, 0.15) is 11.9 Å². The number of piperidine rings is 1. The molecule has 39 heavy (non-hydrogen) atoms. The molecule has 206 valence electrons. The van der Waals surface area contributed by atoms with Crippen LogP contribution in [0.5, 0.6) is 0 Å². The lowest BCUT2D eigenvalue weighted by molar-refractivity contribution is -0.118. The molecule has 2 aromatic heterocycles. The highest BCUT2D eigenvalue weighted by Crippen LogP contribution is 2.36. The smallest absolute Gasteiger partial charge is 0.274 e. The molecule has 5 heterocycles. The molecule has 3 aliphatic heterocycles. The highest BCUT2D eigenvalue weighted by atomic mass is 16.2. The van der Waals surface area contributed by atoms with E-state index < -0.39 is 0 Å². The molecule has 2 N–H and O–H groups in total. The van der Waals surface area contributed by atoms with E-state index in [1.807, 2.05) is 50.6 Å². The van der Waals surface area contributed by atoms with Crippen LogP contribution in [0.4, 0.5) is 11.4 Å². The Morgan fingerprint density at radius 1 is 1.15 bits per heavy atom. The first-order valence-corrected chi connectivity index (χ1v) is 13.7. The Morgan fingerprint density at radius 2 is 1.97 bits per heavy atom. The monoisotopic (exact) mass is 530 g/mol. The highest BCUT2D eigenvalue weighted by Gasteiger charge is 2.38. The van der Waals surface area contributed by atoms with Crippen molar-refractivity contribution in [3.05, 3.63) is 65.7 Å². The molecule has 2 atom stereocenters. The predicted molar refractivity (Wildman–Crippen MR) is 152 cm³/mol. The third kappa shape index (κ3) is 5.47. The van der Waals surface area contributed by atoms with E-state index in [4.69, 9.17) is 0 Å². The van der Waals surface area contributed by atoms with Crippen molar-refractivity contribution in [2.24, 2.45) is 7.05 Å². The lowest BCUT2D eigenvalue weighted by Gasteiger charge is -2.32. The van der Waals surface area contributed by atoms with Gasteiger partial charge in [0.25, 0.3) is 5.91 Å². The molecule has 2 amide bonds. The van der Waals surface area contributed by atoms with E-state index in [2.05, 4.69) is 50.4 Å². The number of anilines is 2. The Morgan fingerprint density at radius 3 is 2.69 bits per heavy atom. The van der Waals surface area contributed by atoms with E-state index in [0.717, 1.165) is 36.2 Å². The van der Waals surface area contributed by atoms with E-state index in [0.29, 0.717) is 41.8 Å². The molecule has 1 fully saturated rings. The number of carbonyl (C=O) groups is 2. The molecule has 0 aliphatic carbocycles. The molecule has 0 bridgehead atoms. The fourth-order valence-corrected chi connectivity index (χ4v) is 5.64. The van der Waals surface area contributed by atoms with Crippen LogP contribution in [0, 0.1) is 6.92 Å². The van der Waals surface area contributed by atoms with Crippen LogP contribution in [-0.2, 0) is 16.6 Å². The Bertz CT molecular complexity index is 1360. The van der Waals surface area contributed by atoms with Crippen molar-refractivity contribution >= 4 is 28.8 Å². The standard InChI is InChI=1S/C29H38N8O2/c1-6-25-28(37-12-10-21(13-27(37)35(25)5)22-15-31-34(4)17-22)29(39)33-24-14-23(16-30-20(24)3)32-26(38)18-36-11-8-7-9-19(36)2/h10,12-17,19,27H,6-9,11,18H2,1-5H3,(H,32,38)(H,33,39). The molecule has 1 saturated heterocycles. The number of fused-ring (bicyclic) bond motifs is 1.